The number of hydrogen-bond donors (Lipinski definition) is 0. The van der Waals surface area contributed by atoms with Crippen LogP contribution >= 0.6 is 11.3 Å². The van der Waals surface area contributed by atoms with Crippen LogP contribution in [-0.2, 0) is 16.0 Å². The van der Waals surface area contributed by atoms with Crippen molar-refractivity contribution in [1.82, 2.24) is 9.55 Å². The van der Waals surface area contributed by atoms with Gasteiger partial charge in [-0.3, -0.25) is 0 Å². The summed E-state index contributed by atoms with van der Waals surface area (Å²) in [6.45, 7) is 6.56. The van der Waals surface area contributed by atoms with Crippen molar-refractivity contribution in [3.8, 4) is 16.6 Å². The molecule has 1 aromatic carbocycles. The number of rotatable bonds is 6. The van der Waals surface area contributed by atoms with Crippen LogP contribution in [0.15, 0.2) is 24.4 Å². The molecule has 0 bridgehead atoms. The Kier molecular flexibility index (Phi) is 5.59. The standard InChI is InChI=1S/C20H21N3O3S/c1-5-26-20(24)18-13(3)22-19(27-18)14-6-7-17-16(8-14)15(9-21)11-23(17)10-12(2)25-4/h6-8,11-12H,5,10H2,1-4H3. The van der Waals surface area contributed by atoms with Crippen molar-refractivity contribution in [1.29, 1.82) is 5.26 Å². The molecular weight excluding hydrogens is 362 g/mol. The highest BCUT2D eigenvalue weighted by molar-refractivity contribution is 7.17. The molecule has 6 nitrogen and oxygen atoms in total. The Balaban J connectivity index is 2.04. The highest BCUT2D eigenvalue weighted by atomic mass is 32.1. The molecule has 0 saturated heterocycles. The lowest BCUT2D eigenvalue weighted by atomic mass is 10.1. The van der Waals surface area contributed by atoms with Gasteiger partial charge < -0.3 is 14.0 Å². The van der Waals surface area contributed by atoms with Crippen LogP contribution in [0.1, 0.15) is 34.8 Å². The highest BCUT2D eigenvalue weighted by Crippen LogP contribution is 2.32. The van der Waals surface area contributed by atoms with Gasteiger partial charge >= 0.3 is 5.97 Å². The Morgan fingerprint density at radius 3 is 2.89 bits per heavy atom. The summed E-state index contributed by atoms with van der Waals surface area (Å²) in [7, 11) is 1.67. The number of carbonyl (C=O) groups excluding carboxylic acids is 1. The summed E-state index contributed by atoms with van der Waals surface area (Å²) < 4.78 is 12.5. The van der Waals surface area contributed by atoms with Crippen LogP contribution in [0.25, 0.3) is 21.5 Å². The van der Waals surface area contributed by atoms with E-state index < -0.39 is 0 Å². The molecule has 0 N–H and O–H groups in total. The number of aromatic nitrogens is 2. The van der Waals surface area contributed by atoms with E-state index in [-0.39, 0.29) is 12.1 Å². The number of nitrogens with zero attached hydrogens (tertiary/aromatic N) is 3. The second-order valence-electron chi connectivity index (χ2n) is 6.24. The van der Waals surface area contributed by atoms with Crippen molar-refractivity contribution < 1.29 is 14.3 Å². The van der Waals surface area contributed by atoms with Gasteiger partial charge in [0.15, 0.2) is 0 Å². The number of esters is 1. The highest BCUT2D eigenvalue weighted by Gasteiger charge is 2.18. The van der Waals surface area contributed by atoms with Gasteiger partial charge in [0.25, 0.3) is 0 Å². The molecule has 3 rings (SSSR count). The van der Waals surface area contributed by atoms with E-state index in [4.69, 9.17) is 9.47 Å². The lowest BCUT2D eigenvalue weighted by molar-refractivity contribution is 0.0531. The molecule has 0 aliphatic rings. The number of aryl methyl sites for hydroxylation is 1. The summed E-state index contributed by atoms with van der Waals surface area (Å²) in [5.74, 6) is -0.350. The number of fused-ring (bicyclic) bond motifs is 1. The molecule has 7 heteroatoms. The molecule has 140 valence electrons. The number of benzene rings is 1. The molecule has 27 heavy (non-hydrogen) atoms. The smallest absolute Gasteiger partial charge is 0.350 e. The minimum Gasteiger partial charge on any atom is -0.462 e. The molecule has 0 aliphatic heterocycles. The van der Waals surface area contributed by atoms with E-state index in [0.29, 0.717) is 29.3 Å². The minimum absolute atomic E-state index is 0.0422. The fourth-order valence-electron chi connectivity index (χ4n) is 2.93. The van der Waals surface area contributed by atoms with Crippen LogP contribution in [0, 0.1) is 18.3 Å². The second-order valence-corrected chi connectivity index (χ2v) is 7.24. The first kappa shape index (κ1) is 19.1. The molecule has 1 atom stereocenters. The van der Waals surface area contributed by atoms with Gasteiger partial charge in [-0.2, -0.15) is 5.26 Å². The number of carbonyl (C=O) groups is 1. The van der Waals surface area contributed by atoms with E-state index in [9.17, 15) is 10.1 Å². The van der Waals surface area contributed by atoms with Crippen molar-refractivity contribution in [2.75, 3.05) is 13.7 Å². The number of hydrogen-bond acceptors (Lipinski definition) is 6. The van der Waals surface area contributed by atoms with Gasteiger partial charge in [0.1, 0.15) is 16.0 Å². The summed E-state index contributed by atoms with van der Waals surface area (Å²) in [5, 5.41) is 11.1. The van der Waals surface area contributed by atoms with Crippen LogP contribution in [0.5, 0.6) is 0 Å². The summed E-state index contributed by atoms with van der Waals surface area (Å²) >= 11 is 1.31. The summed E-state index contributed by atoms with van der Waals surface area (Å²) in [4.78, 5) is 17.1. The third-order valence-corrected chi connectivity index (χ3v) is 5.55. The van der Waals surface area contributed by atoms with Gasteiger partial charge in [-0.05, 0) is 39.0 Å². The molecule has 0 aliphatic carbocycles. The minimum atomic E-state index is -0.350. The van der Waals surface area contributed by atoms with Crippen molar-refractivity contribution in [2.45, 2.75) is 33.4 Å². The maximum Gasteiger partial charge on any atom is 0.350 e. The Bertz CT molecular complexity index is 1030. The van der Waals surface area contributed by atoms with E-state index >= 15 is 0 Å². The van der Waals surface area contributed by atoms with E-state index in [2.05, 4.69) is 11.1 Å². The van der Waals surface area contributed by atoms with Crippen molar-refractivity contribution in [3.63, 3.8) is 0 Å². The van der Waals surface area contributed by atoms with E-state index in [1.807, 2.05) is 35.9 Å². The van der Waals surface area contributed by atoms with E-state index in [1.54, 1.807) is 21.0 Å². The van der Waals surface area contributed by atoms with Crippen LogP contribution in [-0.4, -0.2) is 35.3 Å². The molecule has 0 fully saturated rings. The molecule has 0 saturated carbocycles. The number of methoxy groups -OCH3 is 1. The van der Waals surface area contributed by atoms with Crippen LogP contribution < -0.4 is 0 Å². The van der Waals surface area contributed by atoms with E-state index in [1.165, 1.54) is 11.3 Å². The van der Waals surface area contributed by atoms with Gasteiger partial charge in [0, 0.05) is 36.3 Å². The number of thiazole rings is 1. The van der Waals surface area contributed by atoms with Gasteiger partial charge in [0.2, 0.25) is 0 Å². The predicted octanol–water partition coefficient (Wildman–Crippen LogP) is 4.16. The summed E-state index contributed by atoms with van der Waals surface area (Å²) in [6, 6.07) is 8.16. The second kappa shape index (κ2) is 7.91. The largest absolute Gasteiger partial charge is 0.462 e. The average molecular weight is 383 g/mol. The zero-order chi connectivity index (χ0) is 19.6. The lowest BCUT2D eigenvalue weighted by Crippen LogP contribution is -2.13. The third-order valence-electron chi connectivity index (χ3n) is 4.36. The van der Waals surface area contributed by atoms with Crippen molar-refractivity contribution in [3.05, 3.63) is 40.5 Å². The predicted molar refractivity (Wildman–Crippen MR) is 105 cm³/mol. The van der Waals surface area contributed by atoms with Crippen molar-refractivity contribution in [2.24, 2.45) is 0 Å². The fraction of sp³-hybridized carbons (Fsp3) is 0.350. The summed E-state index contributed by atoms with van der Waals surface area (Å²) in [5.41, 5.74) is 3.10. The summed E-state index contributed by atoms with van der Waals surface area (Å²) in [6.07, 6.45) is 1.89. The third kappa shape index (κ3) is 3.72. The maximum atomic E-state index is 12.0. The first-order chi connectivity index (χ1) is 13.0. The SMILES string of the molecule is CCOC(=O)c1sc(-c2ccc3c(c2)c(C#N)cn3CC(C)OC)nc1C. The number of nitriles is 1. The topological polar surface area (TPSA) is 77.1 Å². The van der Waals surface area contributed by atoms with Crippen LogP contribution in [0.4, 0.5) is 0 Å². The molecule has 0 spiro atoms. The van der Waals surface area contributed by atoms with Gasteiger partial charge in [0.05, 0.1) is 24.0 Å². The fourth-order valence-corrected chi connectivity index (χ4v) is 3.88. The Hall–Kier alpha value is -2.69. The first-order valence-corrected chi connectivity index (χ1v) is 9.50. The van der Waals surface area contributed by atoms with Gasteiger partial charge in [-0.1, -0.05) is 0 Å². The Labute approximate surface area is 162 Å². The first-order valence-electron chi connectivity index (χ1n) is 8.69. The van der Waals surface area contributed by atoms with Gasteiger partial charge in [-0.15, -0.1) is 11.3 Å². The molecular formula is C20H21N3O3S. The average Bonchev–Trinajstić information content (AvgIpc) is 3.22. The number of ether oxygens (including phenoxy) is 2. The molecule has 3 aromatic rings. The Morgan fingerprint density at radius 2 is 2.22 bits per heavy atom. The maximum absolute atomic E-state index is 12.0. The van der Waals surface area contributed by atoms with E-state index in [0.717, 1.165) is 21.5 Å². The van der Waals surface area contributed by atoms with Crippen LogP contribution in [0.2, 0.25) is 0 Å². The molecule has 2 aromatic heterocycles. The monoisotopic (exact) mass is 383 g/mol. The lowest BCUT2D eigenvalue weighted by Gasteiger charge is -2.11. The zero-order valence-corrected chi connectivity index (χ0v) is 16.6. The molecule has 2 heterocycles. The normalized spacial score (nSPS) is 12.1. The zero-order valence-electron chi connectivity index (χ0n) is 15.8. The molecule has 1 unspecified atom stereocenters. The quantitative estimate of drug-likeness (QED) is 0.598. The Morgan fingerprint density at radius 1 is 1.44 bits per heavy atom. The molecule has 0 radical (unpaired) electrons. The van der Waals surface area contributed by atoms with Crippen molar-refractivity contribution >= 4 is 28.2 Å². The van der Waals surface area contributed by atoms with Crippen LogP contribution in [0.3, 0.4) is 0 Å². The van der Waals surface area contributed by atoms with Gasteiger partial charge in [-0.25, -0.2) is 9.78 Å². The molecule has 0 amide bonds.